The van der Waals surface area contributed by atoms with Crippen LogP contribution in [0.2, 0.25) is 0 Å². The van der Waals surface area contributed by atoms with E-state index < -0.39 is 0 Å². The van der Waals surface area contributed by atoms with Gasteiger partial charge in [-0.3, -0.25) is 10.00 Å². The molecule has 0 spiro atoms. The molecule has 1 fully saturated rings. The summed E-state index contributed by atoms with van der Waals surface area (Å²) in [5.74, 6) is 0.837. The van der Waals surface area contributed by atoms with E-state index in [4.69, 9.17) is 0 Å². The first kappa shape index (κ1) is 14.1. The number of hydrogen-bond donors (Lipinski definition) is 2. The zero-order valence-corrected chi connectivity index (χ0v) is 12.9. The molecule has 0 saturated carbocycles. The van der Waals surface area contributed by atoms with Gasteiger partial charge < -0.3 is 5.32 Å². The minimum absolute atomic E-state index is 0.357. The molecule has 2 N–H and O–H groups in total. The molecular weight excluding hydrogens is 288 g/mol. The minimum Gasteiger partial charge on any atom is -0.367 e. The number of hydrogen-bond acceptors (Lipinski definition) is 5. The average molecular weight is 308 g/mol. The second kappa shape index (κ2) is 6.34. The van der Waals surface area contributed by atoms with Gasteiger partial charge in [0, 0.05) is 6.54 Å². The lowest BCUT2D eigenvalue weighted by molar-refractivity contribution is 0.256. The van der Waals surface area contributed by atoms with E-state index in [2.05, 4.69) is 60.7 Å². The zero-order valence-electron chi connectivity index (χ0n) is 12.9. The molecule has 0 amide bonds. The van der Waals surface area contributed by atoms with Crippen molar-refractivity contribution in [1.82, 2.24) is 25.1 Å². The molecule has 2 aromatic heterocycles. The fourth-order valence-corrected chi connectivity index (χ4v) is 3.29. The van der Waals surface area contributed by atoms with E-state index in [1.54, 1.807) is 12.5 Å². The molecule has 4 rings (SSSR count). The number of fused-ring (bicyclic) bond motifs is 1. The van der Waals surface area contributed by atoms with Crippen molar-refractivity contribution in [2.24, 2.45) is 0 Å². The van der Waals surface area contributed by atoms with Crippen LogP contribution in [0.1, 0.15) is 24.4 Å². The van der Waals surface area contributed by atoms with Crippen LogP contribution in [0.4, 0.5) is 5.82 Å². The van der Waals surface area contributed by atoms with Crippen LogP contribution in [0.25, 0.3) is 11.0 Å². The number of benzene rings is 1. The first-order chi connectivity index (χ1) is 11.4. The molecule has 6 heteroatoms. The quantitative estimate of drug-likeness (QED) is 0.758. The number of likely N-dealkylation sites (tertiary alicyclic amines) is 1. The van der Waals surface area contributed by atoms with E-state index in [9.17, 15) is 0 Å². The van der Waals surface area contributed by atoms with E-state index in [0.717, 1.165) is 36.5 Å². The highest BCUT2D eigenvalue weighted by Gasteiger charge is 2.23. The lowest BCUT2D eigenvalue weighted by atomic mass is 10.1. The van der Waals surface area contributed by atoms with Crippen molar-refractivity contribution < 1.29 is 0 Å². The van der Waals surface area contributed by atoms with Crippen molar-refractivity contribution in [3.05, 3.63) is 48.4 Å². The Kier molecular flexibility index (Phi) is 3.90. The number of anilines is 1. The second-order valence-corrected chi connectivity index (χ2v) is 5.91. The van der Waals surface area contributed by atoms with Gasteiger partial charge in [-0.2, -0.15) is 5.10 Å². The van der Waals surface area contributed by atoms with Crippen LogP contribution in [0, 0.1) is 0 Å². The third kappa shape index (κ3) is 2.90. The van der Waals surface area contributed by atoms with Crippen LogP contribution in [0.3, 0.4) is 0 Å². The van der Waals surface area contributed by atoms with Crippen LogP contribution in [0.5, 0.6) is 0 Å². The Morgan fingerprint density at radius 1 is 1.13 bits per heavy atom. The van der Waals surface area contributed by atoms with Crippen LogP contribution in [-0.2, 0) is 0 Å². The molecule has 0 radical (unpaired) electrons. The molecule has 3 aromatic rings. The summed E-state index contributed by atoms with van der Waals surface area (Å²) >= 11 is 0. The summed E-state index contributed by atoms with van der Waals surface area (Å²) in [6, 6.07) is 11.1. The van der Waals surface area contributed by atoms with Gasteiger partial charge in [-0.05, 0) is 31.5 Å². The van der Waals surface area contributed by atoms with E-state index in [-0.39, 0.29) is 0 Å². The van der Waals surface area contributed by atoms with Gasteiger partial charge in [-0.1, -0.05) is 30.3 Å². The summed E-state index contributed by atoms with van der Waals surface area (Å²) in [6.45, 7) is 3.14. The second-order valence-electron chi connectivity index (χ2n) is 5.91. The molecule has 0 aliphatic carbocycles. The largest absolute Gasteiger partial charge is 0.367 e. The summed E-state index contributed by atoms with van der Waals surface area (Å²) in [5.41, 5.74) is 2.11. The smallest absolute Gasteiger partial charge is 0.160 e. The highest BCUT2D eigenvalue weighted by atomic mass is 15.2. The standard InChI is InChI=1S/C17H20N6/c1-2-6-13(7-3-1)15(23-8-4-5-9-23)11-18-16-14-10-21-22-17(14)20-12-19-16/h1-3,6-7,10,12,15H,4-5,8-9,11H2,(H2,18,19,20,21,22)/t15-/m0/s1. The fraction of sp³-hybridized carbons (Fsp3) is 0.353. The summed E-state index contributed by atoms with van der Waals surface area (Å²) < 4.78 is 0. The SMILES string of the molecule is c1ccc([C@H](CNc2ncnc3[nH]ncc23)N2CCCC2)cc1. The van der Waals surface area contributed by atoms with E-state index in [1.165, 1.54) is 18.4 Å². The highest BCUT2D eigenvalue weighted by Crippen LogP contribution is 2.26. The van der Waals surface area contributed by atoms with Gasteiger partial charge in [0.2, 0.25) is 0 Å². The monoisotopic (exact) mass is 308 g/mol. The number of nitrogens with one attached hydrogen (secondary N) is 2. The lowest BCUT2D eigenvalue weighted by Gasteiger charge is -2.28. The maximum absolute atomic E-state index is 4.37. The lowest BCUT2D eigenvalue weighted by Crippen LogP contribution is -2.31. The predicted octanol–water partition coefficient (Wildman–Crippen LogP) is 2.60. The molecule has 1 atom stereocenters. The molecule has 1 saturated heterocycles. The molecule has 6 nitrogen and oxygen atoms in total. The van der Waals surface area contributed by atoms with Gasteiger partial charge >= 0.3 is 0 Å². The Labute approximate surface area is 135 Å². The molecule has 0 unspecified atom stereocenters. The molecular formula is C17H20N6. The van der Waals surface area contributed by atoms with Crippen LogP contribution in [0.15, 0.2) is 42.9 Å². The summed E-state index contributed by atoms with van der Waals surface area (Å²) in [5, 5.41) is 11.4. The van der Waals surface area contributed by atoms with Gasteiger partial charge in [0.15, 0.2) is 5.65 Å². The van der Waals surface area contributed by atoms with Crippen molar-refractivity contribution in [2.45, 2.75) is 18.9 Å². The summed E-state index contributed by atoms with van der Waals surface area (Å²) in [6.07, 6.45) is 5.90. The van der Waals surface area contributed by atoms with Gasteiger partial charge in [0.05, 0.1) is 17.6 Å². The van der Waals surface area contributed by atoms with Crippen LogP contribution >= 0.6 is 0 Å². The van der Waals surface area contributed by atoms with Crippen molar-refractivity contribution in [1.29, 1.82) is 0 Å². The molecule has 1 aromatic carbocycles. The topological polar surface area (TPSA) is 69.7 Å². The van der Waals surface area contributed by atoms with Gasteiger partial charge in [0.1, 0.15) is 12.1 Å². The van der Waals surface area contributed by atoms with Crippen LogP contribution < -0.4 is 5.32 Å². The first-order valence-corrected chi connectivity index (χ1v) is 8.09. The van der Waals surface area contributed by atoms with E-state index in [1.807, 2.05) is 0 Å². The average Bonchev–Trinajstić information content (AvgIpc) is 3.28. The molecule has 23 heavy (non-hydrogen) atoms. The molecule has 3 heterocycles. The third-order valence-electron chi connectivity index (χ3n) is 4.48. The Bertz CT molecular complexity index is 763. The molecule has 1 aliphatic heterocycles. The number of nitrogens with zero attached hydrogens (tertiary/aromatic N) is 4. The predicted molar refractivity (Wildman–Crippen MR) is 90.2 cm³/mol. The number of H-pyrrole nitrogens is 1. The Hall–Kier alpha value is -2.47. The Morgan fingerprint density at radius 2 is 1.96 bits per heavy atom. The first-order valence-electron chi connectivity index (χ1n) is 8.09. The number of aromatic amines is 1. The van der Waals surface area contributed by atoms with Crippen molar-refractivity contribution in [3.63, 3.8) is 0 Å². The maximum Gasteiger partial charge on any atom is 0.160 e. The Morgan fingerprint density at radius 3 is 2.78 bits per heavy atom. The highest BCUT2D eigenvalue weighted by molar-refractivity contribution is 5.85. The summed E-state index contributed by atoms with van der Waals surface area (Å²) in [4.78, 5) is 11.1. The molecule has 118 valence electrons. The van der Waals surface area contributed by atoms with E-state index >= 15 is 0 Å². The normalized spacial score (nSPS) is 16.7. The number of aromatic nitrogens is 4. The van der Waals surface area contributed by atoms with Gasteiger partial charge in [0.25, 0.3) is 0 Å². The zero-order chi connectivity index (χ0) is 15.5. The fourth-order valence-electron chi connectivity index (χ4n) is 3.29. The molecule has 0 bridgehead atoms. The maximum atomic E-state index is 4.37. The molecule has 1 aliphatic rings. The number of rotatable bonds is 5. The van der Waals surface area contributed by atoms with Gasteiger partial charge in [-0.15, -0.1) is 0 Å². The van der Waals surface area contributed by atoms with Crippen molar-refractivity contribution in [3.8, 4) is 0 Å². The summed E-state index contributed by atoms with van der Waals surface area (Å²) in [7, 11) is 0. The van der Waals surface area contributed by atoms with E-state index in [0.29, 0.717) is 6.04 Å². The third-order valence-corrected chi connectivity index (χ3v) is 4.48. The van der Waals surface area contributed by atoms with Crippen molar-refractivity contribution in [2.75, 3.05) is 25.0 Å². The Balaban J connectivity index is 1.57. The van der Waals surface area contributed by atoms with Crippen LogP contribution in [-0.4, -0.2) is 44.7 Å². The minimum atomic E-state index is 0.357. The van der Waals surface area contributed by atoms with Gasteiger partial charge in [-0.25, -0.2) is 9.97 Å². The van der Waals surface area contributed by atoms with Crippen molar-refractivity contribution >= 4 is 16.9 Å².